The molecule has 1 aliphatic rings. The number of likely N-dealkylation sites (tertiary alicyclic amines) is 1. The molecule has 3 heterocycles. The summed E-state index contributed by atoms with van der Waals surface area (Å²) in [5, 5.41) is 0. The Morgan fingerprint density at radius 2 is 1.71 bits per heavy atom. The third-order valence-corrected chi connectivity index (χ3v) is 5.51. The lowest BCUT2D eigenvalue weighted by molar-refractivity contribution is 0.201. The van der Waals surface area contributed by atoms with Crippen LogP contribution < -0.4 is 4.74 Å². The van der Waals surface area contributed by atoms with Gasteiger partial charge in [-0.15, -0.1) is 0 Å². The van der Waals surface area contributed by atoms with Crippen molar-refractivity contribution in [1.82, 2.24) is 14.9 Å². The van der Waals surface area contributed by atoms with Gasteiger partial charge in [-0.05, 0) is 56.3 Å². The molecule has 1 fully saturated rings. The number of hydrogen-bond donors (Lipinski definition) is 0. The first-order valence-corrected chi connectivity index (χ1v) is 10.0. The molecule has 1 aliphatic heterocycles. The van der Waals surface area contributed by atoms with Crippen LogP contribution in [-0.4, -0.2) is 35.1 Å². The highest BCUT2D eigenvalue weighted by molar-refractivity contribution is 5.36. The van der Waals surface area contributed by atoms with E-state index in [4.69, 9.17) is 9.72 Å². The smallest absolute Gasteiger partial charge is 0.122 e. The SMILES string of the molecule is COc1ccccc1Cc1cccc(C2CCN(Cc3ccccn3)CC2)n1. The molecule has 1 aromatic carbocycles. The Morgan fingerprint density at radius 3 is 2.50 bits per heavy atom. The maximum absolute atomic E-state index is 5.49. The van der Waals surface area contributed by atoms with Gasteiger partial charge >= 0.3 is 0 Å². The Hall–Kier alpha value is -2.72. The molecule has 4 nitrogen and oxygen atoms in total. The fourth-order valence-electron chi connectivity index (χ4n) is 3.98. The zero-order valence-electron chi connectivity index (χ0n) is 16.4. The van der Waals surface area contributed by atoms with E-state index in [1.807, 2.05) is 24.4 Å². The van der Waals surface area contributed by atoms with Crippen molar-refractivity contribution >= 4 is 0 Å². The lowest BCUT2D eigenvalue weighted by Crippen LogP contribution is -2.33. The monoisotopic (exact) mass is 373 g/mol. The van der Waals surface area contributed by atoms with Gasteiger partial charge in [0.1, 0.15) is 5.75 Å². The Labute approximate surface area is 167 Å². The molecule has 0 amide bonds. The minimum absolute atomic E-state index is 0.539. The van der Waals surface area contributed by atoms with Gasteiger partial charge in [-0.3, -0.25) is 14.9 Å². The lowest BCUT2D eigenvalue weighted by atomic mass is 9.92. The molecule has 2 aromatic heterocycles. The fraction of sp³-hybridized carbons (Fsp3) is 0.333. The summed E-state index contributed by atoms with van der Waals surface area (Å²) in [6.07, 6.45) is 4.98. The van der Waals surface area contributed by atoms with Crippen molar-refractivity contribution in [2.75, 3.05) is 20.2 Å². The van der Waals surface area contributed by atoms with Crippen molar-refractivity contribution < 1.29 is 4.74 Å². The first-order valence-electron chi connectivity index (χ1n) is 10.0. The summed E-state index contributed by atoms with van der Waals surface area (Å²) in [7, 11) is 1.72. The van der Waals surface area contributed by atoms with E-state index in [2.05, 4.69) is 52.3 Å². The van der Waals surface area contributed by atoms with Gasteiger partial charge in [-0.1, -0.05) is 30.3 Å². The molecule has 0 radical (unpaired) electrons. The van der Waals surface area contributed by atoms with E-state index in [0.29, 0.717) is 5.92 Å². The molecule has 4 heteroatoms. The third kappa shape index (κ3) is 4.57. The number of aromatic nitrogens is 2. The number of nitrogens with zero attached hydrogens (tertiary/aromatic N) is 3. The Bertz CT molecular complexity index is 889. The third-order valence-electron chi connectivity index (χ3n) is 5.51. The summed E-state index contributed by atoms with van der Waals surface area (Å²) >= 11 is 0. The van der Waals surface area contributed by atoms with Crippen molar-refractivity contribution in [3.05, 3.63) is 89.5 Å². The summed E-state index contributed by atoms with van der Waals surface area (Å²) in [5.74, 6) is 1.47. The molecular formula is C24H27N3O. The second kappa shape index (κ2) is 8.98. The van der Waals surface area contributed by atoms with Gasteiger partial charge < -0.3 is 4.74 Å². The van der Waals surface area contributed by atoms with E-state index in [1.54, 1.807) is 7.11 Å². The van der Waals surface area contributed by atoms with Crippen LogP contribution in [0.15, 0.2) is 66.9 Å². The summed E-state index contributed by atoms with van der Waals surface area (Å²) in [6.45, 7) is 3.13. The van der Waals surface area contributed by atoms with E-state index >= 15 is 0 Å². The summed E-state index contributed by atoms with van der Waals surface area (Å²) in [4.78, 5) is 11.9. The van der Waals surface area contributed by atoms with Crippen molar-refractivity contribution in [2.24, 2.45) is 0 Å². The minimum atomic E-state index is 0.539. The van der Waals surface area contributed by atoms with Crippen LogP contribution in [0, 0.1) is 0 Å². The van der Waals surface area contributed by atoms with E-state index in [9.17, 15) is 0 Å². The van der Waals surface area contributed by atoms with Gasteiger partial charge in [0.25, 0.3) is 0 Å². The fourth-order valence-corrected chi connectivity index (χ4v) is 3.98. The topological polar surface area (TPSA) is 38.2 Å². The number of piperidine rings is 1. The average Bonchev–Trinajstić information content (AvgIpc) is 2.76. The van der Waals surface area contributed by atoms with Crippen molar-refractivity contribution in [3.63, 3.8) is 0 Å². The molecule has 0 N–H and O–H groups in total. The molecule has 3 aromatic rings. The number of ether oxygens (including phenoxy) is 1. The molecule has 0 unspecified atom stereocenters. The van der Waals surface area contributed by atoms with Gasteiger partial charge in [0.05, 0.1) is 12.8 Å². The second-order valence-corrected chi connectivity index (χ2v) is 7.41. The predicted octanol–water partition coefficient (Wildman–Crippen LogP) is 4.46. The normalized spacial score (nSPS) is 15.5. The molecular weight excluding hydrogens is 346 g/mol. The quantitative estimate of drug-likeness (QED) is 0.640. The summed E-state index contributed by atoms with van der Waals surface area (Å²) in [6, 6.07) is 20.8. The summed E-state index contributed by atoms with van der Waals surface area (Å²) < 4.78 is 5.49. The lowest BCUT2D eigenvalue weighted by Gasteiger charge is -2.31. The van der Waals surface area contributed by atoms with Crippen molar-refractivity contribution in [3.8, 4) is 5.75 Å². The van der Waals surface area contributed by atoms with E-state index < -0.39 is 0 Å². The van der Waals surface area contributed by atoms with Crippen LogP contribution in [0.25, 0.3) is 0 Å². The number of methoxy groups -OCH3 is 1. The highest BCUT2D eigenvalue weighted by atomic mass is 16.5. The molecule has 0 bridgehead atoms. The molecule has 4 rings (SSSR count). The van der Waals surface area contributed by atoms with Gasteiger partial charge in [-0.25, -0.2) is 0 Å². The van der Waals surface area contributed by atoms with E-state index in [-0.39, 0.29) is 0 Å². The zero-order chi connectivity index (χ0) is 19.2. The molecule has 0 atom stereocenters. The zero-order valence-corrected chi connectivity index (χ0v) is 16.4. The molecule has 0 spiro atoms. The van der Waals surface area contributed by atoms with Crippen molar-refractivity contribution in [2.45, 2.75) is 31.7 Å². The number of hydrogen-bond acceptors (Lipinski definition) is 4. The van der Waals surface area contributed by atoms with Crippen molar-refractivity contribution in [1.29, 1.82) is 0 Å². The van der Waals surface area contributed by atoms with Gasteiger partial charge in [-0.2, -0.15) is 0 Å². The van der Waals surface area contributed by atoms with Crippen LogP contribution in [0.2, 0.25) is 0 Å². The molecule has 28 heavy (non-hydrogen) atoms. The first-order chi connectivity index (χ1) is 13.8. The minimum Gasteiger partial charge on any atom is -0.496 e. The van der Waals surface area contributed by atoms with Crippen LogP contribution in [0.5, 0.6) is 5.75 Å². The van der Waals surface area contributed by atoms with Crippen LogP contribution in [0.1, 0.15) is 41.4 Å². The van der Waals surface area contributed by atoms with Crippen LogP contribution >= 0.6 is 0 Å². The average molecular weight is 374 g/mol. The highest BCUT2D eigenvalue weighted by Crippen LogP contribution is 2.28. The predicted molar refractivity (Wildman–Crippen MR) is 112 cm³/mol. The Kier molecular flexibility index (Phi) is 5.98. The second-order valence-electron chi connectivity index (χ2n) is 7.41. The summed E-state index contributed by atoms with van der Waals surface area (Å²) in [5.41, 5.74) is 4.67. The number of para-hydroxylation sites is 1. The van der Waals surface area contributed by atoms with Crippen LogP contribution in [-0.2, 0) is 13.0 Å². The number of pyridine rings is 2. The molecule has 144 valence electrons. The maximum Gasteiger partial charge on any atom is 0.122 e. The number of rotatable bonds is 6. The highest BCUT2D eigenvalue weighted by Gasteiger charge is 2.22. The molecule has 0 saturated carbocycles. The number of benzene rings is 1. The Morgan fingerprint density at radius 1 is 0.929 bits per heavy atom. The van der Waals surface area contributed by atoms with Crippen LogP contribution in [0.4, 0.5) is 0 Å². The maximum atomic E-state index is 5.49. The van der Waals surface area contributed by atoms with Gasteiger partial charge in [0.2, 0.25) is 0 Å². The van der Waals surface area contributed by atoms with Crippen LogP contribution in [0.3, 0.4) is 0 Å². The van der Waals surface area contributed by atoms with E-state index in [1.165, 1.54) is 11.3 Å². The van der Waals surface area contributed by atoms with E-state index in [0.717, 1.165) is 56.0 Å². The standard InChI is InChI=1S/C24H27N3O/c1-28-24-11-3-2-7-20(24)17-21-9-6-10-23(26-21)19-12-15-27(16-13-19)18-22-8-4-5-14-25-22/h2-11,14,19H,12-13,15-18H2,1H3. The van der Waals surface area contributed by atoms with Gasteiger partial charge in [0, 0.05) is 42.0 Å². The molecule has 1 saturated heterocycles. The first kappa shape index (κ1) is 18.6. The van der Waals surface area contributed by atoms with Gasteiger partial charge in [0.15, 0.2) is 0 Å². The molecule has 0 aliphatic carbocycles. The largest absolute Gasteiger partial charge is 0.496 e. The Balaban J connectivity index is 1.38.